The summed E-state index contributed by atoms with van der Waals surface area (Å²) in [6, 6.07) is 12.7. The van der Waals surface area contributed by atoms with Crippen LogP contribution in [0, 0.1) is 33.8 Å². The lowest BCUT2D eigenvalue weighted by Gasteiger charge is -2.58. The van der Waals surface area contributed by atoms with Gasteiger partial charge in [-0.2, -0.15) is 0 Å². The highest BCUT2D eigenvalue weighted by molar-refractivity contribution is 5.67. The maximum atomic E-state index is 12.2. The lowest BCUT2D eigenvalue weighted by atomic mass is 9.53. The minimum Gasteiger partial charge on any atom is -0.395 e. The number of nitro groups is 1. The highest BCUT2D eigenvalue weighted by Gasteiger charge is 2.60. The third-order valence-corrected chi connectivity index (χ3v) is 9.34. The van der Waals surface area contributed by atoms with Crippen molar-refractivity contribution in [3.8, 4) is 11.5 Å². The number of non-ortho nitro benzene ring substituents is 1. The zero-order valence-electron chi connectivity index (χ0n) is 22.2. The molecule has 0 radical (unpaired) electrons. The summed E-state index contributed by atoms with van der Waals surface area (Å²) in [6.45, 7) is 0. The molecule has 39 heavy (non-hydrogen) atoms. The van der Waals surface area contributed by atoms with Crippen LogP contribution in [-0.2, 0) is 14.5 Å². The molecule has 5 aliphatic carbocycles. The van der Waals surface area contributed by atoms with Gasteiger partial charge in [-0.1, -0.05) is 18.6 Å². The van der Waals surface area contributed by atoms with E-state index in [1.54, 1.807) is 19.2 Å². The first-order valence-electron chi connectivity index (χ1n) is 14.1. The molecule has 5 fully saturated rings. The van der Waals surface area contributed by atoms with Crippen molar-refractivity contribution in [3.05, 3.63) is 64.2 Å². The molecule has 2 atom stereocenters. The Labute approximate surface area is 227 Å². The van der Waals surface area contributed by atoms with E-state index < -0.39 is 16.9 Å². The Balaban J connectivity index is 1.02. The van der Waals surface area contributed by atoms with Gasteiger partial charge in [0.25, 0.3) is 5.69 Å². The van der Waals surface area contributed by atoms with Gasteiger partial charge in [-0.05, 0) is 98.9 Å². The van der Waals surface area contributed by atoms with E-state index in [1.165, 1.54) is 56.4 Å². The molecule has 4 bridgehead atoms. The van der Waals surface area contributed by atoms with Gasteiger partial charge < -0.3 is 14.2 Å². The van der Waals surface area contributed by atoms with Crippen molar-refractivity contribution in [1.29, 1.82) is 0 Å². The summed E-state index contributed by atoms with van der Waals surface area (Å²) in [5.74, 6) is 2.77. The number of rotatable bonds is 8. The fourth-order valence-electron chi connectivity index (χ4n) is 7.68. The number of methoxy groups -OCH3 is 1. The molecule has 0 amide bonds. The fraction of sp³-hybridized carbons (Fsp3) is 0.567. The normalized spacial score (nSPS) is 33.1. The lowest BCUT2D eigenvalue weighted by Crippen LogP contribution is -2.60. The smallest absolute Gasteiger partial charge is 0.395 e. The van der Waals surface area contributed by atoms with E-state index in [1.807, 2.05) is 12.1 Å². The largest absolute Gasteiger partial charge is 0.519 e. The van der Waals surface area contributed by atoms with Crippen LogP contribution in [-0.4, -0.2) is 30.1 Å². The summed E-state index contributed by atoms with van der Waals surface area (Å²) in [7, 11) is 1.78. The van der Waals surface area contributed by atoms with Gasteiger partial charge in [-0.25, -0.2) is 14.6 Å². The van der Waals surface area contributed by atoms with Gasteiger partial charge in [0.15, 0.2) is 0 Å². The quantitative estimate of drug-likeness (QED) is 0.0890. The van der Waals surface area contributed by atoms with Crippen LogP contribution in [0.5, 0.6) is 11.5 Å². The van der Waals surface area contributed by atoms with E-state index >= 15 is 0 Å². The molecule has 0 spiro atoms. The highest BCUT2D eigenvalue weighted by Crippen LogP contribution is 2.60. The van der Waals surface area contributed by atoms with Gasteiger partial charge in [0.2, 0.25) is 5.79 Å². The van der Waals surface area contributed by atoms with Gasteiger partial charge >= 0.3 is 6.16 Å². The third kappa shape index (κ3) is 5.40. The monoisotopic (exact) mass is 537 g/mol. The average molecular weight is 538 g/mol. The maximum Gasteiger partial charge on any atom is 0.519 e. The number of benzene rings is 2. The molecule has 2 aromatic carbocycles. The first-order valence-corrected chi connectivity index (χ1v) is 14.1. The molecule has 0 N–H and O–H groups in total. The molecular weight excluding hydrogens is 502 g/mol. The predicted octanol–water partition coefficient (Wildman–Crippen LogP) is 6.95. The number of carbonyl (C=O) groups is 1. The zero-order valence-corrected chi connectivity index (χ0v) is 22.2. The Bertz CT molecular complexity index is 1150. The second-order valence-corrected chi connectivity index (χ2v) is 11.7. The van der Waals surface area contributed by atoms with Crippen molar-refractivity contribution >= 4 is 11.8 Å². The highest BCUT2D eigenvalue weighted by atomic mass is 17.2. The number of hydrogen-bond donors (Lipinski definition) is 0. The first-order chi connectivity index (χ1) is 18.9. The molecule has 0 saturated heterocycles. The van der Waals surface area contributed by atoms with Crippen LogP contribution in [0.2, 0.25) is 0 Å². The summed E-state index contributed by atoms with van der Waals surface area (Å²) < 4.78 is 16.5. The number of ether oxygens (including phenoxy) is 3. The first kappa shape index (κ1) is 26.2. The standard InChI is InChI=1S/C30H35NO8/c1-35-30(23-14-19-13-20(16-23)17-24(30)15-19)39-38-28-4-2-3-22(18-28)21-5-9-26(10-6-21)36-29(32)37-27-11-7-25(8-12-27)31(33)34/h5-12,19-20,22-24,28H,2-4,13-18H2,1H3/t19?,20?,22-,23?,24?,28-,30?/m1/s1. The SMILES string of the molecule is COC1(OO[C@@H]2CCC[C@@H](c3ccc(OC(=O)Oc4ccc([N+](=O)[O-])cc4)cc3)C2)C2CC3CC(C2)CC1C3. The van der Waals surface area contributed by atoms with Gasteiger partial charge in [-0.15, -0.1) is 0 Å². The zero-order chi connectivity index (χ0) is 27.0. The van der Waals surface area contributed by atoms with Crippen molar-refractivity contribution in [2.45, 2.75) is 75.6 Å². The Morgan fingerprint density at radius 3 is 2.00 bits per heavy atom. The molecule has 9 heteroatoms. The molecular formula is C30H35NO8. The van der Waals surface area contributed by atoms with E-state index in [4.69, 9.17) is 24.0 Å². The third-order valence-electron chi connectivity index (χ3n) is 9.34. The minimum atomic E-state index is -0.906. The molecule has 208 valence electrons. The maximum absolute atomic E-state index is 12.2. The van der Waals surface area contributed by atoms with E-state index in [0.29, 0.717) is 23.5 Å². The Hall–Kier alpha value is -3.01. The Kier molecular flexibility index (Phi) is 7.31. The topological polar surface area (TPSA) is 106 Å². The van der Waals surface area contributed by atoms with Crippen molar-refractivity contribution in [1.82, 2.24) is 0 Å². The molecule has 5 aliphatic rings. The molecule has 2 aromatic rings. The van der Waals surface area contributed by atoms with Crippen LogP contribution in [0.15, 0.2) is 48.5 Å². The van der Waals surface area contributed by atoms with Crippen LogP contribution < -0.4 is 9.47 Å². The van der Waals surface area contributed by atoms with Crippen molar-refractivity contribution in [3.63, 3.8) is 0 Å². The van der Waals surface area contributed by atoms with Crippen LogP contribution in [0.3, 0.4) is 0 Å². The number of nitrogens with zero attached hydrogens (tertiary/aromatic N) is 1. The van der Waals surface area contributed by atoms with E-state index in [0.717, 1.165) is 43.1 Å². The number of carbonyl (C=O) groups excluding carboxylic acids is 1. The summed E-state index contributed by atoms with van der Waals surface area (Å²) in [5, 5.41) is 10.8. The minimum absolute atomic E-state index is 0.0144. The molecule has 5 saturated carbocycles. The average Bonchev–Trinajstić information content (AvgIpc) is 2.93. The van der Waals surface area contributed by atoms with Crippen molar-refractivity contribution in [2.24, 2.45) is 23.7 Å². The Morgan fingerprint density at radius 1 is 0.846 bits per heavy atom. The van der Waals surface area contributed by atoms with Crippen LogP contribution in [0.4, 0.5) is 10.5 Å². The number of hydrogen-bond acceptors (Lipinski definition) is 8. The summed E-state index contributed by atoms with van der Waals surface area (Å²) in [6.07, 6.45) is 9.18. The van der Waals surface area contributed by atoms with Gasteiger partial charge in [0.05, 0.1) is 11.0 Å². The molecule has 7 rings (SSSR count). The van der Waals surface area contributed by atoms with Gasteiger partial charge in [0.1, 0.15) is 11.5 Å². The lowest BCUT2D eigenvalue weighted by molar-refractivity contribution is -0.485. The summed E-state index contributed by atoms with van der Waals surface area (Å²) in [5.41, 5.74) is 1.08. The van der Waals surface area contributed by atoms with Crippen LogP contribution in [0.1, 0.15) is 69.3 Å². The summed E-state index contributed by atoms with van der Waals surface area (Å²) in [4.78, 5) is 34.8. The second kappa shape index (κ2) is 10.9. The molecule has 0 unspecified atom stereocenters. The molecule has 0 aliphatic heterocycles. The van der Waals surface area contributed by atoms with E-state index in [2.05, 4.69) is 0 Å². The summed E-state index contributed by atoms with van der Waals surface area (Å²) >= 11 is 0. The van der Waals surface area contributed by atoms with Crippen molar-refractivity contribution in [2.75, 3.05) is 7.11 Å². The van der Waals surface area contributed by atoms with Gasteiger partial charge in [0, 0.05) is 31.1 Å². The Morgan fingerprint density at radius 2 is 1.44 bits per heavy atom. The van der Waals surface area contributed by atoms with Crippen molar-refractivity contribution < 1.29 is 33.7 Å². The molecule has 0 aromatic heterocycles. The van der Waals surface area contributed by atoms with E-state index in [-0.39, 0.29) is 17.5 Å². The predicted molar refractivity (Wildman–Crippen MR) is 140 cm³/mol. The van der Waals surface area contributed by atoms with Gasteiger partial charge in [-0.3, -0.25) is 10.1 Å². The fourth-order valence-corrected chi connectivity index (χ4v) is 7.68. The number of nitro benzene ring substituents is 1. The van der Waals surface area contributed by atoms with E-state index in [9.17, 15) is 14.9 Å². The molecule has 9 nitrogen and oxygen atoms in total. The van der Waals surface area contributed by atoms with Crippen LogP contribution >= 0.6 is 0 Å². The van der Waals surface area contributed by atoms with Crippen LogP contribution in [0.25, 0.3) is 0 Å². The molecule has 0 heterocycles. The second-order valence-electron chi connectivity index (χ2n) is 11.7.